The number of aromatic nitrogens is 3. The first-order valence-electron chi connectivity index (χ1n) is 9.27. The molecule has 3 heterocycles. The monoisotopic (exact) mass is 361 g/mol. The lowest BCUT2D eigenvalue weighted by atomic mass is 9.96. The van der Waals surface area contributed by atoms with E-state index in [4.69, 9.17) is 9.26 Å². The quantitative estimate of drug-likeness (QED) is 0.787. The average Bonchev–Trinajstić information content (AvgIpc) is 3.29. The zero-order chi connectivity index (χ0) is 18.5. The van der Waals surface area contributed by atoms with Crippen LogP contribution < -0.4 is 10.2 Å². The average molecular weight is 361 g/mol. The van der Waals surface area contributed by atoms with Crippen LogP contribution in [0.2, 0.25) is 0 Å². The molecule has 0 bridgehead atoms. The predicted molar refractivity (Wildman–Crippen MR) is 95.5 cm³/mol. The molecule has 3 rings (SSSR count). The van der Waals surface area contributed by atoms with Gasteiger partial charge >= 0.3 is 0 Å². The van der Waals surface area contributed by atoms with E-state index in [1.54, 1.807) is 12.3 Å². The number of hydrogen-bond donors (Lipinski definition) is 2. The van der Waals surface area contributed by atoms with Crippen LogP contribution in [0.4, 0.5) is 0 Å². The number of piperidine rings is 1. The SMILES string of the molecule is CCC(C)C(Oc1cc(C(=O)NN2CCCCC2)[nH]n1)c1cnoc1C. The number of aryl methyl sites for hydroxylation is 1. The summed E-state index contributed by atoms with van der Waals surface area (Å²) < 4.78 is 11.3. The number of aromatic amines is 1. The number of nitrogens with zero attached hydrogens (tertiary/aromatic N) is 3. The Labute approximate surface area is 153 Å². The lowest BCUT2D eigenvalue weighted by Crippen LogP contribution is -2.45. The summed E-state index contributed by atoms with van der Waals surface area (Å²) in [6, 6.07) is 1.64. The van der Waals surface area contributed by atoms with Gasteiger partial charge in [-0.15, -0.1) is 5.10 Å². The van der Waals surface area contributed by atoms with Crippen LogP contribution in [0.15, 0.2) is 16.8 Å². The fraction of sp³-hybridized carbons (Fsp3) is 0.611. The standard InChI is InChI=1S/C18H27N5O3/c1-4-12(2)17(14-11-19-26-13(14)3)25-16-10-15(20-21-16)18(24)22-23-8-6-5-7-9-23/h10-12,17H,4-9H2,1-3H3,(H,20,21)(H,22,24). The van der Waals surface area contributed by atoms with Gasteiger partial charge in [0.15, 0.2) is 0 Å². The fourth-order valence-corrected chi connectivity index (χ4v) is 3.10. The molecular formula is C18H27N5O3. The molecule has 1 aliphatic rings. The molecule has 2 atom stereocenters. The zero-order valence-corrected chi connectivity index (χ0v) is 15.6. The fourth-order valence-electron chi connectivity index (χ4n) is 3.10. The summed E-state index contributed by atoms with van der Waals surface area (Å²) in [7, 11) is 0. The Kier molecular flexibility index (Phi) is 5.92. The molecule has 2 unspecified atom stereocenters. The van der Waals surface area contributed by atoms with Crippen LogP contribution in [-0.4, -0.2) is 39.4 Å². The van der Waals surface area contributed by atoms with Crippen molar-refractivity contribution in [3.63, 3.8) is 0 Å². The van der Waals surface area contributed by atoms with Crippen molar-refractivity contribution in [3.8, 4) is 5.88 Å². The van der Waals surface area contributed by atoms with Crippen LogP contribution in [0, 0.1) is 12.8 Å². The van der Waals surface area contributed by atoms with Crippen molar-refractivity contribution < 1.29 is 14.1 Å². The van der Waals surface area contributed by atoms with Crippen molar-refractivity contribution in [3.05, 3.63) is 29.3 Å². The Balaban J connectivity index is 1.67. The van der Waals surface area contributed by atoms with Crippen molar-refractivity contribution in [2.45, 2.75) is 52.6 Å². The summed E-state index contributed by atoms with van der Waals surface area (Å²) in [5, 5.41) is 12.7. The van der Waals surface area contributed by atoms with E-state index in [1.807, 2.05) is 11.9 Å². The molecule has 1 aliphatic heterocycles. The second-order valence-electron chi connectivity index (χ2n) is 6.87. The molecule has 0 spiro atoms. The third-order valence-electron chi connectivity index (χ3n) is 4.92. The minimum atomic E-state index is -0.229. The van der Waals surface area contributed by atoms with Crippen molar-refractivity contribution >= 4 is 5.91 Å². The van der Waals surface area contributed by atoms with E-state index < -0.39 is 0 Å². The Morgan fingerprint density at radius 3 is 2.85 bits per heavy atom. The maximum absolute atomic E-state index is 12.4. The Bertz CT molecular complexity index is 720. The minimum absolute atomic E-state index is 0.199. The van der Waals surface area contributed by atoms with Crippen LogP contribution in [-0.2, 0) is 0 Å². The van der Waals surface area contributed by atoms with Gasteiger partial charge in [-0.1, -0.05) is 25.4 Å². The maximum Gasteiger partial charge on any atom is 0.283 e. The van der Waals surface area contributed by atoms with Crippen molar-refractivity contribution in [1.29, 1.82) is 0 Å². The van der Waals surface area contributed by atoms with E-state index in [0.29, 0.717) is 11.6 Å². The highest BCUT2D eigenvalue weighted by Gasteiger charge is 2.26. The molecule has 2 aromatic heterocycles. The largest absolute Gasteiger partial charge is 0.468 e. The number of H-pyrrole nitrogens is 1. The van der Waals surface area contributed by atoms with Gasteiger partial charge in [-0.25, -0.2) is 5.01 Å². The molecule has 0 aliphatic carbocycles. The Morgan fingerprint density at radius 1 is 1.42 bits per heavy atom. The van der Waals surface area contributed by atoms with Gasteiger partial charge in [0.2, 0.25) is 5.88 Å². The summed E-state index contributed by atoms with van der Waals surface area (Å²) in [6.45, 7) is 7.83. The van der Waals surface area contributed by atoms with E-state index in [2.05, 4.69) is 34.6 Å². The topological polar surface area (TPSA) is 96.3 Å². The van der Waals surface area contributed by atoms with Gasteiger partial charge in [-0.05, 0) is 32.1 Å². The molecule has 0 radical (unpaired) electrons. The molecule has 26 heavy (non-hydrogen) atoms. The lowest BCUT2D eigenvalue weighted by molar-refractivity contribution is 0.0744. The molecule has 1 fully saturated rings. The molecule has 142 valence electrons. The summed E-state index contributed by atoms with van der Waals surface area (Å²) >= 11 is 0. The number of amides is 1. The molecule has 1 saturated heterocycles. The molecule has 8 nitrogen and oxygen atoms in total. The second kappa shape index (κ2) is 8.35. The number of rotatable bonds is 7. The number of nitrogens with one attached hydrogen (secondary N) is 2. The number of hydrogen-bond acceptors (Lipinski definition) is 6. The third kappa shape index (κ3) is 4.24. The Hall–Kier alpha value is -2.35. The van der Waals surface area contributed by atoms with Gasteiger partial charge in [-0.2, -0.15) is 0 Å². The predicted octanol–water partition coefficient (Wildman–Crippen LogP) is 3.00. The third-order valence-corrected chi connectivity index (χ3v) is 4.92. The summed E-state index contributed by atoms with van der Waals surface area (Å²) in [5.74, 6) is 1.17. The van der Waals surface area contributed by atoms with Crippen LogP contribution in [0.1, 0.15) is 67.4 Å². The van der Waals surface area contributed by atoms with E-state index in [9.17, 15) is 4.79 Å². The normalized spacial score (nSPS) is 17.7. The molecule has 2 aromatic rings. The maximum atomic E-state index is 12.4. The Morgan fingerprint density at radius 2 is 2.19 bits per heavy atom. The first kappa shape index (κ1) is 18.4. The lowest BCUT2D eigenvalue weighted by Gasteiger charge is -2.26. The second-order valence-corrected chi connectivity index (χ2v) is 6.87. The molecule has 1 amide bonds. The zero-order valence-electron chi connectivity index (χ0n) is 15.6. The van der Waals surface area contributed by atoms with E-state index >= 15 is 0 Å². The summed E-state index contributed by atoms with van der Waals surface area (Å²) in [4.78, 5) is 12.4. The van der Waals surface area contributed by atoms with Gasteiger partial charge in [-0.3, -0.25) is 15.3 Å². The van der Waals surface area contributed by atoms with Crippen molar-refractivity contribution in [2.75, 3.05) is 13.1 Å². The van der Waals surface area contributed by atoms with Crippen molar-refractivity contribution in [1.82, 2.24) is 25.8 Å². The molecule has 8 heteroatoms. The molecule has 2 N–H and O–H groups in total. The van der Waals surface area contributed by atoms with Gasteiger partial charge in [0.25, 0.3) is 5.91 Å². The van der Waals surface area contributed by atoms with E-state index in [0.717, 1.165) is 43.7 Å². The highest BCUT2D eigenvalue weighted by molar-refractivity contribution is 5.92. The van der Waals surface area contributed by atoms with Crippen molar-refractivity contribution in [2.24, 2.45) is 5.92 Å². The number of ether oxygens (including phenoxy) is 1. The van der Waals surface area contributed by atoms with Crippen LogP contribution in [0.25, 0.3) is 0 Å². The number of carbonyl (C=O) groups is 1. The molecule has 0 aromatic carbocycles. The minimum Gasteiger partial charge on any atom is -0.468 e. The van der Waals surface area contributed by atoms with Crippen LogP contribution in [0.5, 0.6) is 5.88 Å². The first-order chi connectivity index (χ1) is 12.6. The summed E-state index contributed by atoms with van der Waals surface area (Å²) in [6.07, 6.45) is 5.81. The van der Waals surface area contributed by atoms with Gasteiger partial charge in [0.1, 0.15) is 17.6 Å². The van der Waals surface area contributed by atoms with Gasteiger partial charge < -0.3 is 9.26 Å². The smallest absolute Gasteiger partial charge is 0.283 e. The van der Waals surface area contributed by atoms with E-state index in [1.165, 1.54) is 6.42 Å². The highest BCUT2D eigenvalue weighted by atomic mass is 16.5. The summed E-state index contributed by atoms with van der Waals surface area (Å²) in [5.41, 5.74) is 4.20. The molecule has 0 saturated carbocycles. The van der Waals surface area contributed by atoms with Gasteiger partial charge in [0.05, 0.1) is 11.8 Å². The van der Waals surface area contributed by atoms with Gasteiger partial charge in [0, 0.05) is 19.2 Å². The number of hydrazine groups is 1. The first-order valence-corrected chi connectivity index (χ1v) is 9.27. The van der Waals surface area contributed by atoms with E-state index in [-0.39, 0.29) is 17.9 Å². The number of carbonyl (C=O) groups excluding carboxylic acids is 1. The van der Waals surface area contributed by atoms with Crippen LogP contribution >= 0.6 is 0 Å². The molecular weight excluding hydrogens is 334 g/mol. The highest BCUT2D eigenvalue weighted by Crippen LogP contribution is 2.31. The van der Waals surface area contributed by atoms with Crippen LogP contribution in [0.3, 0.4) is 0 Å².